The van der Waals surface area contributed by atoms with E-state index in [4.69, 9.17) is 13.9 Å². The van der Waals surface area contributed by atoms with E-state index in [-0.39, 0.29) is 51.3 Å². The van der Waals surface area contributed by atoms with Crippen LogP contribution in [-0.2, 0) is 20.7 Å². The zero-order valence-corrected chi connectivity index (χ0v) is 22.9. The second kappa shape index (κ2) is 12.6. The second-order valence-electron chi connectivity index (χ2n) is 10.8. The molecule has 2 atom stereocenters. The predicted molar refractivity (Wildman–Crippen MR) is 144 cm³/mol. The number of likely N-dealkylation sites (tertiary alicyclic amines) is 1. The van der Waals surface area contributed by atoms with Crippen molar-refractivity contribution in [1.82, 2.24) is 15.1 Å². The van der Waals surface area contributed by atoms with Gasteiger partial charge in [0.2, 0.25) is 0 Å². The van der Waals surface area contributed by atoms with Crippen molar-refractivity contribution in [3.8, 4) is 6.07 Å². The van der Waals surface area contributed by atoms with Crippen molar-refractivity contribution in [3.63, 3.8) is 0 Å². The van der Waals surface area contributed by atoms with E-state index >= 15 is 0 Å². The van der Waals surface area contributed by atoms with Crippen LogP contribution in [0.2, 0.25) is 0 Å². The molecule has 1 aromatic heterocycles. The third-order valence-electron chi connectivity index (χ3n) is 7.39. The van der Waals surface area contributed by atoms with Gasteiger partial charge in [-0.2, -0.15) is 5.26 Å². The molecular formula is C27H33BF2N4O7. The molecule has 0 aliphatic carbocycles. The third kappa shape index (κ3) is 7.42. The van der Waals surface area contributed by atoms with Crippen LogP contribution in [-0.4, -0.2) is 102 Å². The summed E-state index contributed by atoms with van der Waals surface area (Å²) < 4.78 is 43.8. The normalized spacial score (nSPS) is 20.5. The predicted octanol–water partition coefficient (Wildman–Crippen LogP) is 1.88. The molecule has 1 aromatic carbocycles. The highest BCUT2D eigenvalue weighted by atomic mass is 19.3. The number of nitrogens with one attached hydrogen (secondary N) is 1. The Kier molecular flexibility index (Phi) is 9.33. The number of nitrogens with zero attached hydrogens (tertiary/aromatic N) is 3. The minimum absolute atomic E-state index is 0.0343. The van der Waals surface area contributed by atoms with Crippen molar-refractivity contribution in [2.75, 3.05) is 39.5 Å². The molecular weight excluding hydrogens is 541 g/mol. The lowest BCUT2D eigenvalue weighted by atomic mass is 9.76. The Hall–Kier alpha value is -3.51. The van der Waals surface area contributed by atoms with E-state index in [0.29, 0.717) is 11.1 Å². The first-order valence-corrected chi connectivity index (χ1v) is 13.3. The van der Waals surface area contributed by atoms with Crippen molar-refractivity contribution >= 4 is 30.1 Å². The maximum atomic E-state index is 13.8. The van der Waals surface area contributed by atoms with Gasteiger partial charge in [0.1, 0.15) is 23.8 Å². The summed E-state index contributed by atoms with van der Waals surface area (Å²) in [6.07, 6.45) is 1.69. The van der Waals surface area contributed by atoms with Crippen LogP contribution in [0.5, 0.6) is 0 Å². The number of carbonyl (C=O) groups is 2. The first kappa shape index (κ1) is 30.5. The number of halogens is 2. The number of furan rings is 1. The van der Waals surface area contributed by atoms with Crippen LogP contribution >= 0.6 is 0 Å². The molecule has 0 saturated carbocycles. The van der Waals surface area contributed by atoms with Gasteiger partial charge < -0.3 is 34.2 Å². The number of hydrogen-bond acceptors (Lipinski definition) is 9. The largest absolute Gasteiger partial charge is 0.475 e. The van der Waals surface area contributed by atoms with Crippen LogP contribution in [0.15, 0.2) is 46.6 Å². The number of ether oxygens (including phenoxy) is 2. The van der Waals surface area contributed by atoms with Gasteiger partial charge in [0.25, 0.3) is 11.8 Å². The fourth-order valence-corrected chi connectivity index (χ4v) is 5.05. The topological polar surface area (TPSA) is 148 Å². The van der Waals surface area contributed by atoms with Crippen molar-refractivity contribution in [2.45, 2.75) is 50.1 Å². The third-order valence-corrected chi connectivity index (χ3v) is 7.39. The van der Waals surface area contributed by atoms with E-state index in [2.05, 4.69) is 5.32 Å². The number of benzene rings is 1. The van der Waals surface area contributed by atoms with Crippen molar-refractivity contribution in [3.05, 3.63) is 47.7 Å². The van der Waals surface area contributed by atoms with Crippen molar-refractivity contribution in [2.24, 2.45) is 0 Å². The maximum absolute atomic E-state index is 13.8. The Morgan fingerprint density at radius 3 is 2.78 bits per heavy atom. The minimum atomic E-state index is -2.83. The van der Waals surface area contributed by atoms with Gasteiger partial charge in [0.15, 0.2) is 0 Å². The molecule has 2 aliphatic rings. The summed E-state index contributed by atoms with van der Waals surface area (Å²) in [6.45, 7) is 3.07. The molecule has 1 unspecified atom stereocenters. The first-order chi connectivity index (χ1) is 19.4. The molecule has 41 heavy (non-hydrogen) atoms. The van der Waals surface area contributed by atoms with E-state index in [1.165, 1.54) is 22.1 Å². The van der Waals surface area contributed by atoms with Crippen molar-refractivity contribution < 1.29 is 42.3 Å². The molecule has 2 saturated heterocycles. The van der Waals surface area contributed by atoms with E-state index in [0.717, 1.165) is 5.39 Å². The van der Waals surface area contributed by atoms with Gasteiger partial charge in [-0.1, -0.05) is 18.2 Å². The van der Waals surface area contributed by atoms with Gasteiger partial charge in [-0.3, -0.25) is 9.69 Å². The highest BCUT2D eigenvalue weighted by Gasteiger charge is 2.43. The Morgan fingerprint density at radius 2 is 2.10 bits per heavy atom. The first-order valence-electron chi connectivity index (χ1n) is 13.3. The molecule has 3 N–H and O–H groups in total. The molecule has 0 bridgehead atoms. The molecule has 3 heterocycles. The Labute approximate surface area is 236 Å². The zero-order valence-electron chi connectivity index (χ0n) is 22.9. The summed E-state index contributed by atoms with van der Waals surface area (Å²) in [5.74, 6) is -4.57. The smallest absolute Gasteiger partial charge is 0.464 e. The maximum Gasteiger partial charge on any atom is 0.475 e. The van der Waals surface area contributed by atoms with Gasteiger partial charge >= 0.3 is 13.2 Å². The molecule has 0 radical (unpaired) electrons. The monoisotopic (exact) mass is 574 g/mol. The lowest BCUT2D eigenvalue weighted by Crippen LogP contribution is -2.53. The van der Waals surface area contributed by atoms with Crippen molar-refractivity contribution in [1.29, 1.82) is 5.26 Å². The zero-order chi connectivity index (χ0) is 29.8. The number of morpholine rings is 1. The Bertz CT molecular complexity index is 1330. The summed E-state index contributed by atoms with van der Waals surface area (Å²) in [5, 5.41) is 32.7. The van der Waals surface area contributed by atoms with Crippen LogP contribution in [0.3, 0.4) is 0 Å². The minimum Gasteiger partial charge on any atom is -0.464 e. The lowest BCUT2D eigenvalue weighted by Gasteiger charge is -2.36. The Balaban J connectivity index is 1.38. The van der Waals surface area contributed by atoms with Gasteiger partial charge in [0.05, 0.1) is 38.0 Å². The number of hydrogen-bond donors (Lipinski definition) is 3. The number of nitriles is 1. The molecule has 2 aromatic rings. The SMILES string of the molecule is CC(C)(C=C(C#N)C(=O)N1CCOC[C@@H]1COC(=O)NC(Cc1coc2ccccc12)B(O)O)N1CCC(F)(F)C1. The number of para-hydroxylation sites is 1. The fraction of sp³-hybridized carbons (Fsp3) is 0.519. The highest BCUT2D eigenvalue weighted by Crippen LogP contribution is 2.33. The standard InChI is InChI=1S/C27H33BF2N4O7/c1-26(2,33-8-7-27(29,30)17-33)12-19(13-31)24(35)34-9-10-39-15-20(34)16-41-25(36)32-23(28(37)38)11-18-14-40-22-6-4-3-5-21(18)22/h3-6,12,14,20,23,37-38H,7-11,15-17H2,1-2H3,(H,32,36)/t20-,23?/m1/s1. The van der Waals surface area contributed by atoms with Crippen LogP contribution in [0, 0.1) is 11.3 Å². The highest BCUT2D eigenvalue weighted by molar-refractivity contribution is 6.43. The van der Waals surface area contributed by atoms with E-state index in [9.17, 15) is 33.7 Å². The Morgan fingerprint density at radius 1 is 1.34 bits per heavy atom. The number of fused-ring (bicyclic) bond motifs is 1. The van der Waals surface area contributed by atoms with Gasteiger partial charge in [0, 0.05) is 30.4 Å². The molecule has 11 nitrogen and oxygen atoms in total. The molecule has 4 rings (SSSR count). The number of alkyl carbamates (subject to hydrolysis) is 1. The molecule has 2 amide bonds. The van der Waals surface area contributed by atoms with Gasteiger partial charge in [-0.15, -0.1) is 0 Å². The van der Waals surface area contributed by atoms with Crippen LogP contribution in [0.25, 0.3) is 11.0 Å². The van der Waals surface area contributed by atoms with Gasteiger partial charge in [-0.25, -0.2) is 13.6 Å². The number of carbonyl (C=O) groups excluding carboxylic acids is 2. The molecule has 2 aliphatic heterocycles. The molecule has 14 heteroatoms. The van der Waals surface area contributed by atoms with E-state index in [1.54, 1.807) is 26.0 Å². The lowest BCUT2D eigenvalue weighted by molar-refractivity contribution is -0.137. The van der Waals surface area contributed by atoms with Crippen LogP contribution < -0.4 is 5.32 Å². The number of alkyl halides is 2. The molecule has 0 spiro atoms. The quantitative estimate of drug-likeness (QED) is 0.232. The van der Waals surface area contributed by atoms with Crippen LogP contribution in [0.1, 0.15) is 25.8 Å². The average Bonchev–Trinajstić information content (AvgIpc) is 3.53. The summed E-state index contributed by atoms with van der Waals surface area (Å²) in [4.78, 5) is 28.8. The van der Waals surface area contributed by atoms with E-state index < -0.39 is 49.1 Å². The number of amides is 2. The summed E-state index contributed by atoms with van der Waals surface area (Å²) in [7, 11) is -1.89. The summed E-state index contributed by atoms with van der Waals surface area (Å²) in [6, 6.07) is 8.35. The summed E-state index contributed by atoms with van der Waals surface area (Å²) in [5.41, 5.74) is 0.0929. The van der Waals surface area contributed by atoms with Gasteiger partial charge in [-0.05, 0) is 38.0 Å². The molecule has 220 valence electrons. The van der Waals surface area contributed by atoms with E-state index in [1.807, 2.05) is 18.2 Å². The number of rotatable bonds is 9. The fourth-order valence-electron chi connectivity index (χ4n) is 5.05. The summed E-state index contributed by atoms with van der Waals surface area (Å²) >= 11 is 0. The second-order valence-corrected chi connectivity index (χ2v) is 10.8. The average molecular weight is 574 g/mol. The molecule has 2 fully saturated rings. The van der Waals surface area contributed by atoms with Crippen LogP contribution in [0.4, 0.5) is 13.6 Å².